The Morgan fingerprint density at radius 1 is 1.46 bits per heavy atom. The van der Waals surface area contributed by atoms with Crippen molar-refractivity contribution in [2.75, 3.05) is 0 Å². The van der Waals surface area contributed by atoms with Crippen LogP contribution in [0.4, 0.5) is 13.2 Å². The smallest absolute Gasteiger partial charge is 0.450 e. The van der Waals surface area contributed by atoms with Gasteiger partial charge in [0.15, 0.2) is 0 Å². The lowest BCUT2D eigenvalue weighted by Crippen LogP contribution is -2.24. The molecule has 0 saturated carbocycles. The molecule has 0 aliphatic heterocycles. The van der Waals surface area contributed by atoms with E-state index in [2.05, 4.69) is 0 Å². The molecule has 0 amide bonds. The van der Waals surface area contributed by atoms with Crippen LogP contribution in [0.15, 0.2) is 16.5 Å². The lowest BCUT2D eigenvalue weighted by atomic mass is 10.2. The zero-order chi connectivity index (χ0) is 10.1. The van der Waals surface area contributed by atoms with Crippen molar-refractivity contribution >= 4 is 5.78 Å². The quantitative estimate of drug-likeness (QED) is 0.719. The summed E-state index contributed by atoms with van der Waals surface area (Å²) in [4.78, 5) is 10.5. The van der Waals surface area contributed by atoms with Gasteiger partial charge in [-0.15, -0.1) is 0 Å². The monoisotopic (exact) mass is 192 g/mol. The maximum absolute atomic E-state index is 11.8. The van der Waals surface area contributed by atoms with Gasteiger partial charge in [-0.2, -0.15) is 13.2 Å². The molecule has 0 spiro atoms. The Balaban J connectivity index is 2.65. The number of hydrogen-bond acceptors (Lipinski definition) is 2. The third kappa shape index (κ3) is 2.61. The Morgan fingerprint density at radius 3 is 2.46 bits per heavy atom. The Labute approximate surface area is 72.3 Å². The molecule has 5 heteroatoms. The molecule has 0 N–H and O–H groups in total. The molecule has 0 aliphatic rings. The fraction of sp³-hybridized carbons (Fsp3) is 0.375. The molecule has 0 aromatic carbocycles. The minimum Gasteiger partial charge on any atom is -0.466 e. The van der Waals surface area contributed by atoms with Gasteiger partial charge in [0.25, 0.3) is 0 Å². The molecule has 1 rings (SSSR count). The number of carbonyl (C=O) groups is 1. The predicted molar refractivity (Wildman–Crippen MR) is 38.2 cm³/mol. The van der Waals surface area contributed by atoms with Gasteiger partial charge in [0.2, 0.25) is 5.78 Å². The summed E-state index contributed by atoms with van der Waals surface area (Å²) < 4.78 is 40.1. The second kappa shape index (κ2) is 3.24. The van der Waals surface area contributed by atoms with Crippen molar-refractivity contribution in [3.05, 3.63) is 23.7 Å². The van der Waals surface area contributed by atoms with E-state index in [1.165, 1.54) is 12.1 Å². The molecule has 2 nitrogen and oxygen atoms in total. The van der Waals surface area contributed by atoms with Gasteiger partial charge in [0.05, 0.1) is 6.42 Å². The van der Waals surface area contributed by atoms with E-state index in [9.17, 15) is 18.0 Å². The molecule has 0 aliphatic carbocycles. The molecule has 1 aromatic heterocycles. The SMILES string of the molecule is Cc1ccc(CC(=O)C(F)(F)F)o1. The van der Waals surface area contributed by atoms with E-state index in [0.717, 1.165) is 0 Å². The van der Waals surface area contributed by atoms with Gasteiger partial charge in [0.1, 0.15) is 11.5 Å². The number of hydrogen-bond donors (Lipinski definition) is 0. The van der Waals surface area contributed by atoms with Crippen molar-refractivity contribution in [2.24, 2.45) is 0 Å². The van der Waals surface area contributed by atoms with Gasteiger partial charge in [-0.3, -0.25) is 4.79 Å². The minimum absolute atomic E-state index is 0.0415. The molecule has 0 fully saturated rings. The van der Waals surface area contributed by atoms with Gasteiger partial charge in [-0.05, 0) is 19.1 Å². The van der Waals surface area contributed by atoms with E-state index in [4.69, 9.17) is 4.42 Å². The van der Waals surface area contributed by atoms with E-state index < -0.39 is 18.4 Å². The van der Waals surface area contributed by atoms with Crippen LogP contribution in [0.1, 0.15) is 11.5 Å². The molecule has 0 unspecified atom stereocenters. The summed E-state index contributed by atoms with van der Waals surface area (Å²) in [6.45, 7) is 1.60. The summed E-state index contributed by atoms with van der Waals surface area (Å²) in [6, 6.07) is 2.87. The van der Waals surface area contributed by atoms with Crippen LogP contribution in [-0.2, 0) is 11.2 Å². The first kappa shape index (κ1) is 9.83. The van der Waals surface area contributed by atoms with Crippen molar-refractivity contribution < 1.29 is 22.4 Å². The molecule has 0 saturated heterocycles. The largest absolute Gasteiger partial charge is 0.466 e. The molecule has 0 atom stereocenters. The van der Waals surface area contributed by atoms with Gasteiger partial charge in [-0.1, -0.05) is 0 Å². The average Bonchev–Trinajstić information content (AvgIpc) is 2.33. The second-order valence-corrected chi connectivity index (χ2v) is 2.61. The van der Waals surface area contributed by atoms with Gasteiger partial charge < -0.3 is 4.42 Å². The van der Waals surface area contributed by atoms with Crippen molar-refractivity contribution in [1.82, 2.24) is 0 Å². The topological polar surface area (TPSA) is 30.2 Å². The molecular weight excluding hydrogens is 185 g/mol. The Kier molecular flexibility index (Phi) is 2.45. The third-order valence-corrected chi connectivity index (χ3v) is 1.45. The van der Waals surface area contributed by atoms with Crippen LogP contribution in [0, 0.1) is 6.92 Å². The van der Waals surface area contributed by atoms with E-state index in [1.54, 1.807) is 6.92 Å². The van der Waals surface area contributed by atoms with Crippen molar-refractivity contribution in [2.45, 2.75) is 19.5 Å². The fourth-order valence-electron chi connectivity index (χ4n) is 0.839. The van der Waals surface area contributed by atoms with Crippen LogP contribution >= 0.6 is 0 Å². The number of aryl methyl sites for hydroxylation is 1. The van der Waals surface area contributed by atoms with E-state index in [0.29, 0.717) is 5.76 Å². The van der Waals surface area contributed by atoms with Crippen LogP contribution in [0.2, 0.25) is 0 Å². The zero-order valence-corrected chi connectivity index (χ0v) is 6.81. The normalized spacial score (nSPS) is 11.7. The van der Waals surface area contributed by atoms with Gasteiger partial charge >= 0.3 is 6.18 Å². The molecule has 72 valence electrons. The maximum Gasteiger partial charge on any atom is 0.450 e. The van der Waals surface area contributed by atoms with E-state index >= 15 is 0 Å². The maximum atomic E-state index is 11.8. The molecule has 0 radical (unpaired) electrons. The number of ketones is 1. The fourth-order valence-corrected chi connectivity index (χ4v) is 0.839. The zero-order valence-electron chi connectivity index (χ0n) is 6.81. The first-order chi connectivity index (χ1) is 5.89. The van der Waals surface area contributed by atoms with Crippen molar-refractivity contribution in [3.63, 3.8) is 0 Å². The molecule has 1 aromatic rings. The highest BCUT2D eigenvalue weighted by Gasteiger charge is 2.38. The highest BCUT2D eigenvalue weighted by molar-refractivity contribution is 5.85. The lowest BCUT2D eigenvalue weighted by molar-refractivity contribution is -0.170. The Bertz CT molecular complexity index is 311. The number of alkyl halides is 3. The first-order valence-corrected chi connectivity index (χ1v) is 3.55. The Morgan fingerprint density at radius 2 is 2.08 bits per heavy atom. The van der Waals surface area contributed by atoms with Gasteiger partial charge in [-0.25, -0.2) is 0 Å². The summed E-state index contributed by atoms with van der Waals surface area (Å²) in [5.74, 6) is -1.26. The summed E-state index contributed by atoms with van der Waals surface area (Å²) in [7, 11) is 0. The number of halogens is 3. The highest BCUT2D eigenvalue weighted by Crippen LogP contribution is 2.19. The van der Waals surface area contributed by atoms with Gasteiger partial charge in [0, 0.05) is 0 Å². The van der Waals surface area contributed by atoms with Crippen LogP contribution in [0.5, 0.6) is 0 Å². The predicted octanol–water partition coefficient (Wildman–Crippen LogP) is 2.26. The highest BCUT2D eigenvalue weighted by atomic mass is 19.4. The molecule has 0 bridgehead atoms. The van der Waals surface area contributed by atoms with E-state index in [1.807, 2.05) is 0 Å². The summed E-state index contributed by atoms with van der Waals surface area (Å²) in [5, 5.41) is 0. The summed E-state index contributed by atoms with van der Waals surface area (Å²) in [5.41, 5.74) is 0. The number of rotatable bonds is 2. The standard InChI is InChI=1S/C8H7F3O2/c1-5-2-3-6(13-5)4-7(12)8(9,10)11/h2-3H,4H2,1H3. The summed E-state index contributed by atoms with van der Waals surface area (Å²) in [6.07, 6.45) is -5.50. The van der Waals surface area contributed by atoms with E-state index in [-0.39, 0.29) is 5.76 Å². The second-order valence-electron chi connectivity index (χ2n) is 2.61. The molecule has 1 heterocycles. The summed E-state index contributed by atoms with van der Waals surface area (Å²) >= 11 is 0. The van der Waals surface area contributed by atoms with Crippen LogP contribution in [0.25, 0.3) is 0 Å². The average molecular weight is 192 g/mol. The number of furan rings is 1. The van der Waals surface area contributed by atoms with Crippen LogP contribution < -0.4 is 0 Å². The molecule has 13 heavy (non-hydrogen) atoms. The third-order valence-electron chi connectivity index (χ3n) is 1.45. The van der Waals surface area contributed by atoms with Crippen LogP contribution in [-0.4, -0.2) is 12.0 Å². The minimum atomic E-state index is -4.78. The first-order valence-electron chi connectivity index (χ1n) is 3.55. The lowest BCUT2D eigenvalue weighted by Gasteiger charge is -2.02. The van der Waals surface area contributed by atoms with Crippen LogP contribution in [0.3, 0.4) is 0 Å². The number of Topliss-reactive ketones (excluding diaryl/α,β-unsaturated/α-hetero) is 1. The Hall–Kier alpha value is -1.26. The number of carbonyl (C=O) groups excluding carboxylic acids is 1. The van der Waals surface area contributed by atoms with Crippen molar-refractivity contribution in [1.29, 1.82) is 0 Å². The van der Waals surface area contributed by atoms with Crippen molar-refractivity contribution in [3.8, 4) is 0 Å². The molecular formula is C8H7F3O2.